The smallest absolute Gasteiger partial charge is 0.306 e. The molecule has 0 radical (unpaired) electrons. The van der Waals surface area contributed by atoms with Gasteiger partial charge in [0.1, 0.15) is 5.76 Å². The maximum absolute atomic E-state index is 11.6. The van der Waals surface area contributed by atoms with E-state index in [9.17, 15) is 4.79 Å². The lowest BCUT2D eigenvalue weighted by molar-refractivity contribution is -0.147. The minimum absolute atomic E-state index is 0.0896. The number of carbonyl (C=O) groups is 1. The highest BCUT2D eigenvalue weighted by Crippen LogP contribution is 2.52. The molecule has 1 aromatic rings. The number of rotatable bonds is 5. The molecule has 4 heteroatoms. The van der Waals surface area contributed by atoms with E-state index in [1.807, 2.05) is 0 Å². The van der Waals surface area contributed by atoms with Crippen molar-refractivity contribution < 1.29 is 14.1 Å². The summed E-state index contributed by atoms with van der Waals surface area (Å²) in [6.07, 6.45) is 7.68. The van der Waals surface area contributed by atoms with Crippen molar-refractivity contribution in [3.63, 3.8) is 0 Å². The molecule has 2 aliphatic carbocycles. The number of carbonyl (C=O) groups excluding carboxylic acids is 1. The molecule has 0 spiro atoms. The van der Waals surface area contributed by atoms with Crippen LogP contribution in [0.5, 0.6) is 0 Å². The molecular weight excluding hydrogens is 290 g/mol. The standard InChI is InChI=1S/C19H27NO3/c1-11(2)7-12-8-15(9-12)19-17(13-3-4-13)18(20-23-19)14-5-6-22-16(21)10-14/h11-15H,3-10H2,1-2H3/t12?,14-,15?/m1/s1. The van der Waals surface area contributed by atoms with Crippen LogP contribution in [0.15, 0.2) is 4.52 Å². The molecule has 0 N–H and O–H groups in total. The Bertz CT molecular complexity index is 581. The van der Waals surface area contributed by atoms with E-state index in [1.165, 1.54) is 37.7 Å². The van der Waals surface area contributed by atoms with Gasteiger partial charge in [0, 0.05) is 17.4 Å². The second-order valence-corrected chi connectivity index (χ2v) is 8.19. The van der Waals surface area contributed by atoms with Crippen molar-refractivity contribution in [1.82, 2.24) is 5.16 Å². The van der Waals surface area contributed by atoms with Crippen molar-refractivity contribution in [3.05, 3.63) is 17.0 Å². The highest BCUT2D eigenvalue weighted by molar-refractivity contribution is 5.71. The van der Waals surface area contributed by atoms with Crippen LogP contribution in [0.2, 0.25) is 0 Å². The average molecular weight is 317 g/mol. The lowest BCUT2D eigenvalue weighted by Crippen LogP contribution is -2.24. The summed E-state index contributed by atoms with van der Waals surface area (Å²) in [5.74, 6) is 4.10. The Balaban J connectivity index is 1.51. The zero-order valence-electron chi connectivity index (χ0n) is 14.2. The minimum Gasteiger partial charge on any atom is -0.466 e. The van der Waals surface area contributed by atoms with Gasteiger partial charge in [-0.05, 0) is 56.3 Å². The summed E-state index contributed by atoms with van der Waals surface area (Å²) in [5.41, 5.74) is 2.45. The van der Waals surface area contributed by atoms with E-state index in [2.05, 4.69) is 19.0 Å². The van der Waals surface area contributed by atoms with Crippen LogP contribution in [-0.2, 0) is 9.53 Å². The van der Waals surface area contributed by atoms with E-state index in [0.29, 0.717) is 24.9 Å². The van der Waals surface area contributed by atoms with E-state index in [-0.39, 0.29) is 11.9 Å². The second-order valence-electron chi connectivity index (χ2n) is 8.19. The van der Waals surface area contributed by atoms with Gasteiger partial charge in [-0.3, -0.25) is 4.79 Å². The van der Waals surface area contributed by atoms with Crippen molar-refractivity contribution in [1.29, 1.82) is 0 Å². The van der Waals surface area contributed by atoms with Gasteiger partial charge in [-0.1, -0.05) is 19.0 Å². The van der Waals surface area contributed by atoms with Crippen LogP contribution in [0.1, 0.15) is 93.6 Å². The molecule has 0 aromatic carbocycles. The molecule has 2 saturated carbocycles. The van der Waals surface area contributed by atoms with Gasteiger partial charge in [-0.2, -0.15) is 0 Å². The first kappa shape index (κ1) is 15.2. The molecule has 3 aliphatic rings. The Morgan fingerprint density at radius 1 is 1.13 bits per heavy atom. The third kappa shape index (κ3) is 3.05. The summed E-state index contributed by atoms with van der Waals surface area (Å²) < 4.78 is 10.9. The number of cyclic esters (lactones) is 1. The molecule has 126 valence electrons. The third-order valence-electron chi connectivity index (χ3n) is 5.71. The maximum atomic E-state index is 11.6. The Morgan fingerprint density at radius 2 is 1.91 bits per heavy atom. The van der Waals surface area contributed by atoms with Crippen molar-refractivity contribution >= 4 is 5.97 Å². The third-order valence-corrected chi connectivity index (χ3v) is 5.71. The molecule has 1 saturated heterocycles. The van der Waals surface area contributed by atoms with Gasteiger partial charge in [0.05, 0.1) is 18.7 Å². The molecule has 0 unspecified atom stereocenters. The zero-order chi connectivity index (χ0) is 16.0. The zero-order valence-corrected chi connectivity index (χ0v) is 14.2. The van der Waals surface area contributed by atoms with E-state index < -0.39 is 0 Å². The largest absolute Gasteiger partial charge is 0.466 e. The van der Waals surface area contributed by atoms with Gasteiger partial charge in [-0.15, -0.1) is 0 Å². The fourth-order valence-electron chi connectivity index (χ4n) is 4.41. The number of hydrogen-bond acceptors (Lipinski definition) is 4. The lowest BCUT2D eigenvalue weighted by Gasteiger charge is -2.35. The van der Waals surface area contributed by atoms with Crippen molar-refractivity contribution in [3.8, 4) is 0 Å². The highest BCUT2D eigenvalue weighted by Gasteiger charge is 2.42. The Hall–Kier alpha value is -1.32. The molecular formula is C19H27NO3. The maximum Gasteiger partial charge on any atom is 0.306 e. The van der Waals surface area contributed by atoms with Crippen LogP contribution >= 0.6 is 0 Å². The molecule has 23 heavy (non-hydrogen) atoms. The van der Waals surface area contributed by atoms with E-state index in [4.69, 9.17) is 9.26 Å². The first-order valence-electron chi connectivity index (χ1n) is 9.26. The predicted molar refractivity (Wildman–Crippen MR) is 86.3 cm³/mol. The van der Waals surface area contributed by atoms with Crippen LogP contribution in [-0.4, -0.2) is 17.7 Å². The fraction of sp³-hybridized carbons (Fsp3) is 0.789. The number of esters is 1. The van der Waals surface area contributed by atoms with Crippen LogP contribution in [0.4, 0.5) is 0 Å². The van der Waals surface area contributed by atoms with Crippen molar-refractivity contribution in [2.45, 2.75) is 76.5 Å². The van der Waals surface area contributed by atoms with Gasteiger partial charge >= 0.3 is 5.97 Å². The first-order chi connectivity index (χ1) is 11.1. The topological polar surface area (TPSA) is 52.3 Å². The van der Waals surface area contributed by atoms with Gasteiger partial charge in [0.2, 0.25) is 0 Å². The molecule has 2 heterocycles. The summed E-state index contributed by atoms with van der Waals surface area (Å²) in [6.45, 7) is 5.13. The average Bonchev–Trinajstić information content (AvgIpc) is 3.21. The minimum atomic E-state index is -0.0896. The summed E-state index contributed by atoms with van der Waals surface area (Å²) in [7, 11) is 0. The molecule has 1 atom stereocenters. The number of ether oxygens (including phenoxy) is 1. The number of aromatic nitrogens is 1. The Kier molecular flexibility index (Phi) is 3.94. The van der Waals surface area contributed by atoms with Crippen molar-refractivity contribution in [2.75, 3.05) is 6.61 Å². The summed E-state index contributed by atoms with van der Waals surface area (Å²) in [6, 6.07) is 0. The molecule has 1 aromatic heterocycles. The van der Waals surface area contributed by atoms with E-state index >= 15 is 0 Å². The molecule has 4 nitrogen and oxygen atoms in total. The van der Waals surface area contributed by atoms with Crippen LogP contribution in [0.3, 0.4) is 0 Å². The molecule has 0 bridgehead atoms. The van der Waals surface area contributed by atoms with Gasteiger partial charge < -0.3 is 9.26 Å². The Labute approximate surface area is 137 Å². The Morgan fingerprint density at radius 3 is 2.57 bits per heavy atom. The molecule has 4 rings (SSSR count). The highest BCUT2D eigenvalue weighted by atomic mass is 16.5. The van der Waals surface area contributed by atoms with E-state index in [1.54, 1.807) is 0 Å². The molecule has 0 amide bonds. The summed E-state index contributed by atoms with van der Waals surface area (Å²) in [5, 5.41) is 4.44. The monoisotopic (exact) mass is 317 g/mol. The van der Waals surface area contributed by atoms with Crippen LogP contribution < -0.4 is 0 Å². The predicted octanol–water partition coefficient (Wildman–Crippen LogP) is 4.51. The first-order valence-corrected chi connectivity index (χ1v) is 9.26. The van der Waals surface area contributed by atoms with E-state index in [0.717, 1.165) is 29.7 Å². The lowest BCUT2D eigenvalue weighted by atomic mass is 9.69. The quantitative estimate of drug-likeness (QED) is 0.750. The van der Waals surface area contributed by atoms with Gasteiger partial charge in [0.15, 0.2) is 0 Å². The van der Waals surface area contributed by atoms with Gasteiger partial charge in [-0.25, -0.2) is 0 Å². The molecule has 1 aliphatic heterocycles. The fourth-order valence-corrected chi connectivity index (χ4v) is 4.41. The SMILES string of the molecule is CC(C)CC1CC(c2onc([C@@H]3CCOC(=O)C3)c2C2CC2)C1. The molecule has 3 fully saturated rings. The van der Waals surface area contributed by atoms with Crippen LogP contribution in [0.25, 0.3) is 0 Å². The van der Waals surface area contributed by atoms with Crippen LogP contribution in [0, 0.1) is 11.8 Å². The summed E-state index contributed by atoms with van der Waals surface area (Å²) >= 11 is 0. The summed E-state index contributed by atoms with van der Waals surface area (Å²) in [4.78, 5) is 11.6. The second kappa shape index (κ2) is 5.95. The van der Waals surface area contributed by atoms with Crippen molar-refractivity contribution in [2.24, 2.45) is 11.8 Å². The van der Waals surface area contributed by atoms with Gasteiger partial charge in [0.25, 0.3) is 0 Å². The number of hydrogen-bond donors (Lipinski definition) is 0. The number of nitrogens with zero attached hydrogens (tertiary/aromatic N) is 1. The normalized spacial score (nSPS) is 31.1.